The molecule has 0 saturated heterocycles. The minimum absolute atomic E-state index is 0.00208. The molecule has 1 heterocycles. The first-order valence-corrected chi connectivity index (χ1v) is 3.91. The number of aromatic nitrogens is 2. The van der Waals surface area contributed by atoms with Gasteiger partial charge in [0.15, 0.2) is 0 Å². The highest BCUT2D eigenvalue weighted by atomic mass is 16.3. The summed E-state index contributed by atoms with van der Waals surface area (Å²) in [5, 5.41) is 9.05. The fraction of sp³-hybridized carbons (Fsp3) is 0.500. The summed E-state index contributed by atoms with van der Waals surface area (Å²) in [4.78, 5) is 17.4. The van der Waals surface area contributed by atoms with Gasteiger partial charge in [-0.15, -0.1) is 0 Å². The SMILES string of the molecule is CC1(c2nc(O)cc(=O)[nH]2)CC1. The van der Waals surface area contributed by atoms with Gasteiger partial charge in [-0.25, -0.2) is 0 Å². The van der Waals surface area contributed by atoms with Crippen molar-refractivity contribution < 1.29 is 5.11 Å². The third-order valence-corrected chi connectivity index (χ3v) is 2.30. The molecule has 0 spiro atoms. The fourth-order valence-corrected chi connectivity index (χ4v) is 1.15. The number of H-pyrrole nitrogens is 1. The van der Waals surface area contributed by atoms with E-state index in [4.69, 9.17) is 5.11 Å². The smallest absolute Gasteiger partial charge is 0.254 e. The molecule has 64 valence electrons. The molecule has 1 aromatic heterocycles. The molecule has 0 bridgehead atoms. The van der Waals surface area contributed by atoms with Gasteiger partial charge in [0.25, 0.3) is 5.56 Å². The van der Waals surface area contributed by atoms with Crippen molar-refractivity contribution in [2.24, 2.45) is 0 Å². The number of aromatic hydroxyl groups is 1. The molecule has 2 rings (SSSR count). The second kappa shape index (κ2) is 2.09. The van der Waals surface area contributed by atoms with Crippen molar-refractivity contribution >= 4 is 0 Å². The second-order valence-electron chi connectivity index (χ2n) is 3.51. The molecule has 0 aliphatic heterocycles. The topological polar surface area (TPSA) is 66.0 Å². The van der Waals surface area contributed by atoms with E-state index >= 15 is 0 Å². The van der Waals surface area contributed by atoms with Crippen LogP contribution in [0.1, 0.15) is 25.6 Å². The number of rotatable bonds is 1. The molecule has 0 unspecified atom stereocenters. The van der Waals surface area contributed by atoms with E-state index in [9.17, 15) is 4.79 Å². The summed E-state index contributed by atoms with van der Waals surface area (Å²) in [6.07, 6.45) is 2.05. The van der Waals surface area contributed by atoms with Gasteiger partial charge in [-0.2, -0.15) is 4.98 Å². The molecule has 4 nitrogen and oxygen atoms in total. The summed E-state index contributed by atoms with van der Waals surface area (Å²) < 4.78 is 0. The zero-order valence-electron chi connectivity index (χ0n) is 6.79. The van der Waals surface area contributed by atoms with Gasteiger partial charge in [0, 0.05) is 5.41 Å². The second-order valence-corrected chi connectivity index (χ2v) is 3.51. The van der Waals surface area contributed by atoms with Crippen LogP contribution in [0.25, 0.3) is 0 Å². The number of aromatic amines is 1. The number of nitrogens with zero attached hydrogens (tertiary/aromatic N) is 1. The normalized spacial score (nSPS) is 19.1. The minimum Gasteiger partial charge on any atom is -0.493 e. The molecule has 1 aliphatic rings. The lowest BCUT2D eigenvalue weighted by Crippen LogP contribution is -2.15. The first kappa shape index (κ1) is 7.34. The Labute approximate surface area is 69.3 Å². The molecule has 4 heteroatoms. The van der Waals surface area contributed by atoms with Crippen molar-refractivity contribution in [1.82, 2.24) is 9.97 Å². The Hall–Kier alpha value is -1.32. The van der Waals surface area contributed by atoms with E-state index in [-0.39, 0.29) is 16.9 Å². The predicted octanol–water partition coefficient (Wildman–Crippen LogP) is 0.527. The predicted molar refractivity (Wildman–Crippen MR) is 43.1 cm³/mol. The third-order valence-electron chi connectivity index (χ3n) is 2.30. The molecule has 0 radical (unpaired) electrons. The van der Waals surface area contributed by atoms with Crippen LogP contribution in [0.2, 0.25) is 0 Å². The monoisotopic (exact) mass is 166 g/mol. The van der Waals surface area contributed by atoms with Crippen molar-refractivity contribution in [2.45, 2.75) is 25.2 Å². The highest BCUT2D eigenvalue weighted by molar-refractivity contribution is 5.18. The average molecular weight is 166 g/mol. The highest BCUT2D eigenvalue weighted by Gasteiger charge is 2.41. The van der Waals surface area contributed by atoms with E-state index in [1.807, 2.05) is 6.92 Å². The van der Waals surface area contributed by atoms with E-state index in [0.29, 0.717) is 5.82 Å². The van der Waals surface area contributed by atoms with Crippen LogP contribution in [0.5, 0.6) is 5.88 Å². The summed E-state index contributed by atoms with van der Waals surface area (Å²) in [5.74, 6) is 0.411. The summed E-state index contributed by atoms with van der Waals surface area (Å²) in [6.45, 7) is 2.02. The molecule has 2 N–H and O–H groups in total. The van der Waals surface area contributed by atoms with Crippen LogP contribution in [0.3, 0.4) is 0 Å². The zero-order valence-corrected chi connectivity index (χ0v) is 6.79. The Morgan fingerprint density at radius 2 is 2.33 bits per heavy atom. The fourth-order valence-electron chi connectivity index (χ4n) is 1.15. The maximum Gasteiger partial charge on any atom is 0.254 e. The van der Waals surface area contributed by atoms with Crippen LogP contribution in [0.4, 0.5) is 0 Å². The molecule has 0 atom stereocenters. The molecule has 1 aliphatic carbocycles. The molecular weight excluding hydrogens is 156 g/mol. The molecule has 1 aromatic rings. The maximum absolute atomic E-state index is 10.9. The Morgan fingerprint density at radius 1 is 1.67 bits per heavy atom. The quantitative estimate of drug-likeness (QED) is 0.639. The summed E-state index contributed by atoms with van der Waals surface area (Å²) in [5.41, 5.74) is -0.289. The van der Waals surface area contributed by atoms with Crippen LogP contribution >= 0.6 is 0 Å². The third kappa shape index (κ3) is 1.09. The minimum atomic E-state index is -0.286. The Balaban J connectivity index is 2.51. The van der Waals surface area contributed by atoms with E-state index in [2.05, 4.69) is 9.97 Å². The maximum atomic E-state index is 10.9. The largest absolute Gasteiger partial charge is 0.493 e. The van der Waals surface area contributed by atoms with E-state index in [1.165, 1.54) is 0 Å². The van der Waals surface area contributed by atoms with Gasteiger partial charge in [-0.3, -0.25) is 4.79 Å². The van der Waals surface area contributed by atoms with Crippen LogP contribution in [0, 0.1) is 0 Å². The first-order valence-electron chi connectivity index (χ1n) is 3.91. The van der Waals surface area contributed by atoms with Gasteiger partial charge >= 0.3 is 0 Å². The molecule has 0 amide bonds. The van der Waals surface area contributed by atoms with Gasteiger partial charge < -0.3 is 10.1 Å². The van der Waals surface area contributed by atoms with E-state index in [1.54, 1.807) is 0 Å². The van der Waals surface area contributed by atoms with Gasteiger partial charge in [0.1, 0.15) is 5.82 Å². The molecule has 12 heavy (non-hydrogen) atoms. The summed E-state index contributed by atoms with van der Waals surface area (Å²) in [7, 11) is 0. The molecule has 1 saturated carbocycles. The number of nitrogens with one attached hydrogen (secondary N) is 1. The van der Waals surface area contributed by atoms with Gasteiger partial charge in [-0.1, -0.05) is 6.92 Å². The van der Waals surface area contributed by atoms with Crippen LogP contribution in [-0.2, 0) is 5.41 Å². The average Bonchev–Trinajstić information content (AvgIpc) is 2.67. The summed E-state index contributed by atoms with van der Waals surface area (Å²) in [6, 6.07) is 1.08. The number of hydrogen-bond donors (Lipinski definition) is 2. The summed E-state index contributed by atoms with van der Waals surface area (Å²) >= 11 is 0. The Morgan fingerprint density at radius 3 is 2.83 bits per heavy atom. The molecule has 0 aromatic carbocycles. The number of hydrogen-bond acceptors (Lipinski definition) is 3. The zero-order chi connectivity index (χ0) is 8.77. The Kier molecular flexibility index (Phi) is 1.28. The van der Waals surface area contributed by atoms with Crippen LogP contribution in [-0.4, -0.2) is 15.1 Å². The molecular formula is C8H10N2O2. The van der Waals surface area contributed by atoms with Crippen molar-refractivity contribution in [3.8, 4) is 5.88 Å². The first-order chi connectivity index (χ1) is 5.60. The lowest BCUT2D eigenvalue weighted by Gasteiger charge is -2.05. The van der Waals surface area contributed by atoms with Gasteiger partial charge in [-0.05, 0) is 12.8 Å². The van der Waals surface area contributed by atoms with Crippen molar-refractivity contribution in [1.29, 1.82) is 0 Å². The standard InChI is InChI=1S/C8H10N2O2/c1-8(2-3-8)7-9-5(11)4-6(12)10-7/h4H,2-3H2,1H3,(H2,9,10,11,12). The highest BCUT2D eigenvalue weighted by Crippen LogP contribution is 2.45. The molecule has 1 fully saturated rings. The van der Waals surface area contributed by atoms with Crippen LogP contribution in [0.15, 0.2) is 10.9 Å². The van der Waals surface area contributed by atoms with Gasteiger partial charge in [0.2, 0.25) is 5.88 Å². The lowest BCUT2D eigenvalue weighted by molar-refractivity contribution is 0.444. The Bertz CT molecular complexity index is 366. The van der Waals surface area contributed by atoms with E-state index < -0.39 is 0 Å². The van der Waals surface area contributed by atoms with Gasteiger partial charge in [0.05, 0.1) is 6.07 Å². The van der Waals surface area contributed by atoms with E-state index in [0.717, 1.165) is 18.9 Å². The van der Waals surface area contributed by atoms with Crippen molar-refractivity contribution in [3.63, 3.8) is 0 Å². The lowest BCUT2D eigenvalue weighted by atomic mass is 10.1. The van der Waals surface area contributed by atoms with Crippen LogP contribution < -0.4 is 5.56 Å². The van der Waals surface area contributed by atoms with Crippen molar-refractivity contribution in [2.75, 3.05) is 0 Å². The van der Waals surface area contributed by atoms with Crippen molar-refractivity contribution in [3.05, 3.63) is 22.2 Å².